The van der Waals surface area contributed by atoms with Crippen molar-refractivity contribution in [3.8, 4) is 0 Å². The van der Waals surface area contributed by atoms with E-state index in [1.54, 1.807) is 30.3 Å². The van der Waals surface area contributed by atoms with Gasteiger partial charge in [0.1, 0.15) is 5.69 Å². The third-order valence-corrected chi connectivity index (χ3v) is 5.60. The van der Waals surface area contributed by atoms with Crippen molar-refractivity contribution in [2.75, 3.05) is 31.7 Å². The first-order valence-electron chi connectivity index (χ1n) is 10.9. The van der Waals surface area contributed by atoms with Gasteiger partial charge in [-0.25, -0.2) is 9.59 Å². The Kier molecular flexibility index (Phi) is 8.18. The summed E-state index contributed by atoms with van der Waals surface area (Å²) in [4.78, 5) is 49.0. The van der Waals surface area contributed by atoms with Crippen LogP contribution in [-0.4, -0.2) is 49.6 Å². The van der Waals surface area contributed by atoms with E-state index in [9.17, 15) is 24.5 Å². The number of nitrogens with one attached hydrogen (secondary N) is 1. The Morgan fingerprint density at radius 3 is 2.47 bits per heavy atom. The predicted octanol–water partition coefficient (Wildman–Crippen LogP) is 3.09. The maximum atomic E-state index is 12.4. The Morgan fingerprint density at radius 1 is 1.12 bits per heavy atom. The van der Waals surface area contributed by atoms with Crippen molar-refractivity contribution in [2.45, 2.75) is 26.3 Å². The van der Waals surface area contributed by atoms with Crippen molar-refractivity contribution in [3.63, 3.8) is 0 Å². The van der Waals surface area contributed by atoms with Crippen molar-refractivity contribution in [2.24, 2.45) is 5.92 Å². The van der Waals surface area contributed by atoms with Crippen LogP contribution in [0.2, 0.25) is 0 Å². The van der Waals surface area contributed by atoms with Crippen LogP contribution in [0.5, 0.6) is 0 Å². The van der Waals surface area contributed by atoms with E-state index in [1.165, 1.54) is 19.2 Å². The second-order valence-corrected chi connectivity index (χ2v) is 8.20. The Bertz CT molecular complexity index is 1070. The van der Waals surface area contributed by atoms with Crippen LogP contribution in [0.15, 0.2) is 42.5 Å². The molecule has 0 bridgehead atoms. The second-order valence-electron chi connectivity index (χ2n) is 8.20. The van der Waals surface area contributed by atoms with E-state index in [2.05, 4.69) is 17.0 Å². The molecule has 2 aromatic rings. The molecule has 1 amide bonds. The molecule has 1 fully saturated rings. The maximum absolute atomic E-state index is 12.4. The zero-order valence-electron chi connectivity index (χ0n) is 19.1. The topological polar surface area (TPSA) is 128 Å². The largest absolute Gasteiger partial charge is 0.465 e. The van der Waals surface area contributed by atoms with Crippen LogP contribution < -0.4 is 10.2 Å². The Hall–Kier alpha value is -3.95. The third kappa shape index (κ3) is 6.31. The first-order chi connectivity index (χ1) is 16.3. The Morgan fingerprint density at radius 2 is 1.82 bits per heavy atom. The monoisotopic (exact) mass is 469 g/mol. The summed E-state index contributed by atoms with van der Waals surface area (Å²) in [6.07, 6.45) is 2.03. The zero-order valence-corrected chi connectivity index (χ0v) is 19.1. The highest BCUT2D eigenvalue weighted by molar-refractivity contribution is 5.93. The van der Waals surface area contributed by atoms with Gasteiger partial charge in [-0.1, -0.05) is 19.1 Å². The molecule has 0 unspecified atom stereocenters. The number of hydrogen-bond donors (Lipinski definition) is 1. The molecule has 1 atom stereocenters. The van der Waals surface area contributed by atoms with Crippen LogP contribution in [0.1, 0.15) is 46.0 Å². The lowest BCUT2D eigenvalue weighted by Gasteiger charge is -2.32. The number of amides is 1. The Balaban J connectivity index is 1.55. The zero-order chi connectivity index (χ0) is 24.7. The number of nitro groups is 1. The van der Waals surface area contributed by atoms with Crippen molar-refractivity contribution in [1.82, 2.24) is 5.32 Å². The third-order valence-electron chi connectivity index (χ3n) is 5.60. The lowest BCUT2D eigenvalue weighted by atomic mass is 9.99. The summed E-state index contributed by atoms with van der Waals surface area (Å²) < 4.78 is 9.66. The number of rotatable bonds is 8. The van der Waals surface area contributed by atoms with E-state index in [0.717, 1.165) is 31.5 Å². The smallest absolute Gasteiger partial charge is 0.338 e. The fourth-order valence-corrected chi connectivity index (χ4v) is 3.81. The van der Waals surface area contributed by atoms with Crippen molar-refractivity contribution >= 4 is 29.2 Å². The standard InChI is InChI=1S/C24H27N3O7/c1-16-4-3-11-26(14-16)20-10-9-19(12-21(20)27(31)32)24(30)34-15-22(28)25-13-17-5-7-18(8-6-17)23(29)33-2/h5-10,12,16H,3-4,11,13-15H2,1-2H3,(H,25,28)/t16-/m1/s1. The summed E-state index contributed by atoms with van der Waals surface area (Å²) in [6, 6.07) is 10.7. The molecule has 1 aliphatic heterocycles. The van der Waals surface area contributed by atoms with Gasteiger partial charge >= 0.3 is 11.9 Å². The minimum atomic E-state index is -0.820. The molecule has 1 aliphatic rings. The molecule has 10 heteroatoms. The number of nitro benzene ring substituents is 1. The molecule has 0 radical (unpaired) electrons. The molecule has 0 aliphatic carbocycles. The van der Waals surface area contributed by atoms with Crippen LogP contribution in [0.3, 0.4) is 0 Å². The number of ether oxygens (including phenoxy) is 2. The van der Waals surface area contributed by atoms with Gasteiger partial charge in [0.2, 0.25) is 0 Å². The minimum Gasteiger partial charge on any atom is -0.465 e. The highest BCUT2D eigenvalue weighted by Crippen LogP contribution is 2.32. The van der Waals surface area contributed by atoms with Crippen LogP contribution in [0.25, 0.3) is 0 Å². The molecule has 0 saturated carbocycles. The average Bonchev–Trinajstić information content (AvgIpc) is 2.85. The molecule has 0 spiro atoms. The maximum Gasteiger partial charge on any atom is 0.338 e. The summed E-state index contributed by atoms with van der Waals surface area (Å²) in [5, 5.41) is 14.2. The number of nitrogens with zero attached hydrogens (tertiary/aromatic N) is 2. The lowest BCUT2D eigenvalue weighted by Crippen LogP contribution is -2.34. The number of benzene rings is 2. The van der Waals surface area contributed by atoms with Crippen LogP contribution in [-0.2, 0) is 20.8 Å². The summed E-state index contributed by atoms with van der Waals surface area (Å²) in [5.41, 5.74) is 1.45. The Labute approximate surface area is 197 Å². The van der Waals surface area contributed by atoms with Gasteiger partial charge in [-0.3, -0.25) is 14.9 Å². The predicted molar refractivity (Wildman–Crippen MR) is 124 cm³/mol. The molecule has 10 nitrogen and oxygen atoms in total. The van der Waals surface area contributed by atoms with Gasteiger partial charge in [-0.15, -0.1) is 0 Å². The summed E-state index contributed by atoms with van der Waals surface area (Å²) >= 11 is 0. The van der Waals surface area contributed by atoms with Crippen LogP contribution >= 0.6 is 0 Å². The number of methoxy groups -OCH3 is 1. The molecule has 3 rings (SSSR count). The quantitative estimate of drug-likeness (QED) is 0.355. The number of anilines is 1. The van der Waals surface area contributed by atoms with Gasteiger partial charge in [0, 0.05) is 25.7 Å². The van der Waals surface area contributed by atoms with E-state index in [-0.39, 0.29) is 17.8 Å². The summed E-state index contributed by atoms with van der Waals surface area (Å²) in [7, 11) is 1.29. The highest BCUT2D eigenvalue weighted by Gasteiger charge is 2.25. The van der Waals surface area contributed by atoms with E-state index in [4.69, 9.17) is 4.74 Å². The second kappa shape index (κ2) is 11.3. The molecule has 2 aromatic carbocycles. The minimum absolute atomic E-state index is 0.00621. The normalized spacial score (nSPS) is 15.4. The van der Waals surface area contributed by atoms with E-state index in [0.29, 0.717) is 17.2 Å². The fraction of sp³-hybridized carbons (Fsp3) is 0.375. The first-order valence-corrected chi connectivity index (χ1v) is 10.9. The number of carbonyl (C=O) groups excluding carboxylic acids is 3. The molecular formula is C24H27N3O7. The van der Waals surface area contributed by atoms with Gasteiger partial charge in [0.05, 0.1) is 23.2 Å². The van der Waals surface area contributed by atoms with Crippen molar-refractivity contribution < 1.29 is 28.8 Å². The molecule has 180 valence electrons. The van der Waals surface area contributed by atoms with Crippen molar-refractivity contribution in [1.29, 1.82) is 0 Å². The summed E-state index contributed by atoms with van der Waals surface area (Å²) in [5.74, 6) is -1.37. The molecule has 1 saturated heterocycles. The van der Waals surface area contributed by atoms with Gasteiger partial charge in [0.25, 0.3) is 11.6 Å². The van der Waals surface area contributed by atoms with Crippen LogP contribution in [0, 0.1) is 16.0 Å². The molecule has 34 heavy (non-hydrogen) atoms. The van der Waals surface area contributed by atoms with Gasteiger partial charge in [-0.05, 0) is 48.6 Å². The first kappa shape index (κ1) is 24.7. The van der Waals surface area contributed by atoms with E-state index in [1.807, 2.05) is 4.90 Å². The van der Waals surface area contributed by atoms with E-state index >= 15 is 0 Å². The lowest BCUT2D eigenvalue weighted by molar-refractivity contribution is -0.384. The summed E-state index contributed by atoms with van der Waals surface area (Å²) in [6.45, 7) is 3.19. The molecule has 1 N–H and O–H groups in total. The number of piperidine rings is 1. The molecular weight excluding hydrogens is 442 g/mol. The SMILES string of the molecule is COC(=O)c1ccc(CNC(=O)COC(=O)c2ccc(N3CCC[C@@H](C)C3)c([N+](=O)[O-])c2)cc1. The molecule has 1 heterocycles. The number of hydrogen-bond acceptors (Lipinski definition) is 8. The highest BCUT2D eigenvalue weighted by atomic mass is 16.6. The van der Waals surface area contributed by atoms with Gasteiger partial charge in [-0.2, -0.15) is 0 Å². The van der Waals surface area contributed by atoms with Gasteiger partial charge in [0.15, 0.2) is 6.61 Å². The van der Waals surface area contributed by atoms with Crippen molar-refractivity contribution in [3.05, 3.63) is 69.3 Å². The number of carbonyl (C=O) groups is 3. The molecule has 0 aromatic heterocycles. The van der Waals surface area contributed by atoms with Crippen LogP contribution in [0.4, 0.5) is 11.4 Å². The number of esters is 2. The van der Waals surface area contributed by atoms with E-state index < -0.39 is 29.4 Å². The average molecular weight is 469 g/mol. The fourth-order valence-electron chi connectivity index (χ4n) is 3.81. The van der Waals surface area contributed by atoms with Gasteiger partial charge < -0.3 is 19.7 Å².